The van der Waals surface area contributed by atoms with E-state index in [9.17, 15) is 0 Å². The highest BCUT2D eigenvalue weighted by Gasteiger charge is 2.54. The van der Waals surface area contributed by atoms with E-state index in [2.05, 4.69) is 43.4 Å². The van der Waals surface area contributed by atoms with Crippen LogP contribution in [-0.2, 0) is 5.41 Å². The molecule has 2 aliphatic carbocycles. The van der Waals surface area contributed by atoms with E-state index in [1.54, 1.807) is 5.56 Å². The third kappa shape index (κ3) is 2.53. The Labute approximate surface area is 124 Å². The zero-order valence-corrected chi connectivity index (χ0v) is 13.2. The van der Waals surface area contributed by atoms with Gasteiger partial charge in [0.25, 0.3) is 0 Å². The number of hydrogen-bond donors (Lipinski definition) is 1. The van der Waals surface area contributed by atoms with E-state index in [-0.39, 0.29) is 0 Å². The van der Waals surface area contributed by atoms with Crippen LogP contribution in [0.15, 0.2) is 24.3 Å². The van der Waals surface area contributed by atoms with Gasteiger partial charge in [-0.15, -0.1) is 0 Å². The van der Waals surface area contributed by atoms with E-state index in [1.165, 1.54) is 50.5 Å². The smallest absolute Gasteiger partial charge is 0.00884 e. The van der Waals surface area contributed by atoms with Crippen LogP contribution in [0.2, 0.25) is 0 Å². The van der Waals surface area contributed by atoms with Crippen molar-refractivity contribution in [1.82, 2.24) is 5.32 Å². The van der Waals surface area contributed by atoms with Crippen molar-refractivity contribution in [2.75, 3.05) is 13.1 Å². The van der Waals surface area contributed by atoms with Crippen LogP contribution in [0.4, 0.5) is 0 Å². The zero-order valence-electron chi connectivity index (χ0n) is 13.2. The second-order valence-electron chi connectivity index (χ2n) is 7.34. The molecule has 0 saturated heterocycles. The molecule has 0 radical (unpaired) electrons. The number of benzene rings is 1. The van der Waals surface area contributed by atoms with Gasteiger partial charge in [0.05, 0.1) is 0 Å². The Morgan fingerprint density at radius 2 is 1.85 bits per heavy atom. The number of aryl methyl sites for hydroxylation is 1. The fraction of sp³-hybridized carbons (Fsp3) is 0.684. The van der Waals surface area contributed by atoms with Crippen LogP contribution in [-0.4, -0.2) is 13.1 Å². The molecule has 0 atom stereocenters. The molecule has 0 aliphatic heterocycles. The standard InChI is InChI=1S/C19H29N/c1-3-20-15-19(17-9-7-8-16(2)12-17)13-18(14-19)10-5-4-6-11-18/h7-9,12,20H,3-6,10-11,13-15H2,1-2H3. The summed E-state index contributed by atoms with van der Waals surface area (Å²) in [6.45, 7) is 6.69. The number of likely N-dealkylation sites (N-methyl/N-ethyl adjacent to an activating group) is 1. The van der Waals surface area contributed by atoms with Crippen molar-refractivity contribution in [1.29, 1.82) is 0 Å². The van der Waals surface area contributed by atoms with Crippen molar-refractivity contribution in [3.63, 3.8) is 0 Å². The molecular weight excluding hydrogens is 242 g/mol. The lowest BCUT2D eigenvalue weighted by atomic mass is 9.46. The van der Waals surface area contributed by atoms with Crippen LogP contribution in [0, 0.1) is 12.3 Å². The minimum atomic E-state index is 0.416. The predicted octanol–water partition coefficient (Wildman–Crippen LogP) is 4.59. The van der Waals surface area contributed by atoms with Crippen molar-refractivity contribution in [2.45, 2.75) is 64.2 Å². The third-order valence-corrected chi connectivity index (χ3v) is 5.68. The minimum absolute atomic E-state index is 0.416. The van der Waals surface area contributed by atoms with E-state index in [0.717, 1.165) is 13.1 Å². The summed E-state index contributed by atoms with van der Waals surface area (Å²) < 4.78 is 0. The van der Waals surface area contributed by atoms with Gasteiger partial charge in [0.1, 0.15) is 0 Å². The van der Waals surface area contributed by atoms with Gasteiger partial charge in [-0.2, -0.15) is 0 Å². The molecule has 1 N–H and O–H groups in total. The molecule has 0 bridgehead atoms. The topological polar surface area (TPSA) is 12.0 Å². The average Bonchev–Trinajstić information content (AvgIpc) is 2.43. The van der Waals surface area contributed by atoms with Crippen molar-refractivity contribution in [3.05, 3.63) is 35.4 Å². The molecule has 1 nitrogen and oxygen atoms in total. The Kier molecular flexibility index (Phi) is 3.90. The number of nitrogens with one attached hydrogen (secondary N) is 1. The third-order valence-electron chi connectivity index (χ3n) is 5.68. The molecule has 1 aromatic carbocycles. The molecule has 0 unspecified atom stereocenters. The van der Waals surface area contributed by atoms with Crippen molar-refractivity contribution in [3.8, 4) is 0 Å². The van der Waals surface area contributed by atoms with Gasteiger partial charge in [0.2, 0.25) is 0 Å². The summed E-state index contributed by atoms with van der Waals surface area (Å²) in [5.74, 6) is 0. The first kappa shape index (κ1) is 14.1. The summed E-state index contributed by atoms with van der Waals surface area (Å²) in [6.07, 6.45) is 10.2. The quantitative estimate of drug-likeness (QED) is 0.844. The van der Waals surface area contributed by atoms with Crippen LogP contribution < -0.4 is 5.32 Å². The molecule has 0 amide bonds. The van der Waals surface area contributed by atoms with E-state index >= 15 is 0 Å². The maximum Gasteiger partial charge on any atom is 0.00884 e. The van der Waals surface area contributed by atoms with Gasteiger partial charge < -0.3 is 5.32 Å². The van der Waals surface area contributed by atoms with Gasteiger partial charge in [-0.25, -0.2) is 0 Å². The van der Waals surface area contributed by atoms with Crippen LogP contribution in [0.5, 0.6) is 0 Å². The molecule has 1 spiro atoms. The molecular formula is C19H29N. The van der Waals surface area contributed by atoms with Gasteiger partial charge in [0.15, 0.2) is 0 Å². The Bertz CT molecular complexity index is 449. The normalized spacial score (nSPS) is 23.5. The second-order valence-corrected chi connectivity index (χ2v) is 7.34. The van der Waals surface area contributed by atoms with Crippen LogP contribution >= 0.6 is 0 Å². The fourth-order valence-electron chi connectivity index (χ4n) is 4.81. The Balaban J connectivity index is 1.81. The lowest BCUT2D eigenvalue weighted by molar-refractivity contribution is -0.0125. The Morgan fingerprint density at radius 3 is 2.50 bits per heavy atom. The Morgan fingerprint density at radius 1 is 1.10 bits per heavy atom. The molecule has 2 aliphatic rings. The van der Waals surface area contributed by atoms with Gasteiger partial charge in [0, 0.05) is 12.0 Å². The summed E-state index contributed by atoms with van der Waals surface area (Å²) >= 11 is 0. The van der Waals surface area contributed by atoms with E-state index < -0.39 is 0 Å². The largest absolute Gasteiger partial charge is 0.316 e. The first-order chi connectivity index (χ1) is 9.68. The lowest BCUT2D eigenvalue weighted by Crippen LogP contribution is -2.55. The molecule has 0 aromatic heterocycles. The highest BCUT2D eigenvalue weighted by atomic mass is 14.9. The summed E-state index contributed by atoms with van der Waals surface area (Å²) in [6, 6.07) is 9.25. The maximum atomic E-state index is 3.63. The molecule has 0 heterocycles. The monoisotopic (exact) mass is 271 g/mol. The molecule has 110 valence electrons. The van der Waals surface area contributed by atoms with E-state index in [0.29, 0.717) is 10.8 Å². The molecule has 2 fully saturated rings. The Hall–Kier alpha value is -0.820. The average molecular weight is 271 g/mol. The van der Waals surface area contributed by atoms with Crippen LogP contribution in [0.25, 0.3) is 0 Å². The van der Waals surface area contributed by atoms with Crippen molar-refractivity contribution >= 4 is 0 Å². The SMILES string of the molecule is CCNCC1(c2cccc(C)c2)CC2(CCCCC2)C1. The van der Waals surface area contributed by atoms with Crippen LogP contribution in [0.3, 0.4) is 0 Å². The number of rotatable bonds is 4. The second kappa shape index (κ2) is 5.52. The fourth-order valence-corrected chi connectivity index (χ4v) is 4.81. The van der Waals surface area contributed by atoms with Gasteiger partial charge in [-0.1, -0.05) is 56.0 Å². The summed E-state index contributed by atoms with van der Waals surface area (Å²) in [5, 5.41) is 3.63. The highest BCUT2D eigenvalue weighted by molar-refractivity contribution is 5.34. The predicted molar refractivity (Wildman–Crippen MR) is 86.2 cm³/mol. The molecule has 3 rings (SSSR count). The van der Waals surface area contributed by atoms with E-state index in [4.69, 9.17) is 0 Å². The minimum Gasteiger partial charge on any atom is -0.316 e. The molecule has 2 saturated carbocycles. The van der Waals surface area contributed by atoms with Crippen molar-refractivity contribution in [2.24, 2.45) is 5.41 Å². The molecule has 20 heavy (non-hydrogen) atoms. The highest BCUT2D eigenvalue weighted by Crippen LogP contribution is 2.61. The summed E-state index contributed by atoms with van der Waals surface area (Å²) in [4.78, 5) is 0. The lowest BCUT2D eigenvalue weighted by Gasteiger charge is -2.59. The summed E-state index contributed by atoms with van der Waals surface area (Å²) in [5.41, 5.74) is 4.09. The summed E-state index contributed by atoms with van der Waals surface area (Å²) in [7, 11) is 0. The van der Waals surface area contributed by atoms with Gasteiger partial charge in [-0.05, 0) is 50.1 Å². The first-order valence-electron chi connectivity index (χ1n) is 8.46. The molecule has 1 aromatic rings. The van der Waals surface area contributed by atoms with Gasteiger partial charge >= 0.3 is 0 Å². The first-order valence-corrected chi connectivity index (χ1v) is 8.46. The zero-order chi connectivity index (χ0) is 14.1. The van der Waals surface area contributed by atoms with Gasteiger partial charge in [-0.3, -0.25) is 0 Å². The van der Waals surface area contributed by atoms with Crippen molar-refractivity contribution < 1.29 is 0 Å². The molecule has 1 heteroatoms. The maximum absolute atomic E-state index is 3.63. The van der Waals surface area contributed by atoms with E-state index in [1.807, 2.05) is 0 Å². The number of hydrogen-bond acceptors (Lipinski definition) is 1. The van der Waals surface area contributed by atoms with Crippen LogP contribution in [0.1, 0.15) is 63.0 Å².